The molecule has 1 aromatic heterocycles. The van der Waals surface area contributed by atoms with E-state index in [4.69, 9.17) is 22.1 Å². The molecule has 0 saturated heterocycles. The highest BCUT2D eigenvalue weighted by Gasteiger charge is 2.18. The van der Waals surface area contributed by atoms with E-state index >= 15 is 0 Å². The Labute approximate surface area is 116 Å². The highest BCUT2D eigenvalue weighted by molar-refractivity contribution is 6.30. The Morgan fingerprint density at radius 2 is 2.16 bits per heavy atom. The minimum Gasteiger partial charge on any atom is -0.484 e. The van der Waals surface area contributed by atoms with Crippen LogP contribution in [0.2, 0.25) is 5.02 Å². The third kappa shape index (κ3) is 3.43. The van der Waals surface area contributed by atoms with E-state index in [1.165, 1.54) is 12.1 Å². The number of aromatic nitrogens is 1. The summed E-state index contributed by atoms with van der Waals surface area (Å²) < 4.78 is 19.1. The molecule has 0 bridgehead atoms. The Balaban J connectivity index is 2.24. The molecule has 2 rings (SSSR count). The van der Waals surface area contributed by atoms with Gasteiger partial charge in [-0.05, 0) is 25.1 Å². The van der Waals surface area contributed by atoms with E-state index in [0.29, 0.717) is 5.75 Å². The summed E-state index contributed by atoms with van der Waals surface area (Å²) in [6.07, 6.45) is 2.96. The molecule has 0 saturated carbocycles. The van der Waals surface area contributed by atoms with Gasteiger partial charge in [0.25, 0.3) is 0 Å². The van der Waals surface area contributed by atoms with Gasteiger partial charge >= 0.3 is 0 Å². The van der Waals surface area contributed by atoms with Crippen molar-refractivity contribution in [2.75, 3.05) is 0 Å². The molecule has 3 nitrogen and oxygen atoms in total. The zero-order valence-corrected chi connectivity index (χ0v) is 11.1. The van der Waals surface area contributed by atoms with Crippen LogP contribution in [0, 0.1) is 5.82 Å². The third-order valence-electron chi connectivity index (χ3n) is 2.64. The van der Waals surface area contributed by atoms with Crippen molar-refractivity contribution in [3.05, 3.63) is 59.1 Å². The monoisotopic (exact) mass is 280 g/mol. The average Bonchev–Trinajstić information content (AvgIpc) is 2.40. The van der Waals surface area contributed by atoms with Crippen molar-refractivity contribution in [2.24, 2.45) is 5.73 Å². The van der Waals surface area contributed by atoms with Crippen LogP contribution in [-0.4, -0.2) is 11.0 Å². The molecule has 2 atom stereocenters. The van der Waals surface area contributed by atoms with Crippen molar-refractivity contribution in [3.63, 3.8) is 0 Å². The van der Waals surface area contributed by atoms with Crippen LogP contribution in [0.3, 0.4) is 0 Å². The molecule has 0 aliphatic carbocycles. The van der Waals surface area contributed by atoms with Gasteiger partial charge in [-0.2, -0.15) is 0 Å². The highest BCUT2D eigenvalue weighted by Crippen LogP contribution is 2.26. The van der Waals surface area contributed by atoms with E-state index in [1.807, 2.05) is 13.0 Å². The summed E-state index contributed by atoms with van der Waals surface area (Å²) in [6, 6.07) is 7.71. The van der Waals surface area contributed by atoms with Crippen molar-refractivity contribution >= 4 is 11.6 Å². The zero-order chi connectivity index (χ0) is 13.8. The lowest BCUT2D eigenvalue weighted by Crippen LogP contribution is -2.29. The third-order valence-corrected chi connectivity index (χ3v) is 2.95. The number of nitrogens with zero attached hydrogens (tertiary/aromatic N) is 1. The summed E-state index contributed by atoms with van der Waals surface area (Å²) in [5.74, 6) is -0.137. The molecule has 1 heterocycles. The first-order chi connectivity index (χ1) is 9.08. The summed E-state index contributed by atoms with van der Waals surface area (Å²) >= 11 is 5.63. The van der Waals surface area contributed by atoms with E-state index in [0.717, 1.165) is 5.56 Å². The van der Waals surface area contributed by atoms with Crippen LogP contribution in [0.5, 0.6) is 5.75 Å². The predicted octanol–water partition coefficient (Wildman–Crippen LogP) is 3.34. The number of ether oxygens (including phenoxy) is 1. The number of hydrogen-bond acceptors (Lipinski definition) is 3. The van der Waals surface area contributed by atoms with Crippen molar-refractivity contribution in [1.29, 1.82) is 0 Å². The van der Waals surface area contributed by atoms with E-state index in [2.05, 4.69) is 4.98 Å². The van der Waals surface area contributed by atoms with Crippen molar-refractivity contribution in [2.45, 2.75) is 19.1 Å². The SMILES string of the molecule is CC(N)C(Oc1ccc(Cl)c(F)c1)c1cccnc1. The first kappa shape index (κ1) is 13.8. The number of hydrogen-bond donors (Lipinski definition) is 1. The van der Waals surface area contributed by atoms with Gasteiger partial charge in [-0.25, -0.2) is 4.39 Å². The van der Waals surface area contributed by atoms with E-state index in [1.54, 1.807) is 24.5 Å². The lowest BCUT2D eigenvalue weighted by atomic mass is 10.1. The van der Waals surface area contributed by atoms with E-state index < -0.39 is 11.9 Å². The predicted molar refractivity (Wildman–Crippen MR) is 72.7 cm³/mol. The minimum atomic E-state index is -0.520. The molecule has 2 N–H and O–H groups in total. The molecule has 2 unspecified atom stereocenters. The first-order valence-electron chi connectivity index (χ1n) is 5.85. The van der Waals surface area contributed by atoms with Crippen LogP contribution in [0.1, 0.15) is 18.6 Å². The second kappa shape index (κ2) is 5.99. The fraction of sp³-hybridized carbons (Fsp3) is 0.214. The van der Waals surface area contributed by atoms with Gasteiger partial charge < -0.3 is 10.5 Å². The Kier molecular flexibility index (Phi) is 4.35. The van der Waals surface area contributed by atoms with Gasteiger partial charge in [0.15, 0.2) is 0 Å². The van der Waals surface area contributed by atoms with Gasteiger partial charge in [0.2, 0.25) is 0 Å². The van der Waals surface area contributed by atoms with Crippen LogP contribution in [0.15, 0.2) is 42.7 Å². The lowest BCUT2D eigenvalue weighted by Gasteiger charge is -2.22. The standard InChI is InChI=1S/C14H14ClFN2O/c1-9(17)14(10-3-2-6-18-8-10)19-11-4-5-12(15)13(16)7-11/h2-9,14H,17H2,1H3. The highest BCUT2D eigenvalue weighted by atomic mass is 35.5. The van der Waals surface area contributed by atoms with Gasteiger partial charge in [-0.15, -0.1) is 0 Å². The number of rotatable bonds is 4. The molecule has 0 radical (unpaired) electrons. The fourth-order valence-corrected chi connectivity index (χ4v) is 1.84. The van der Waals surface area contributed by atoms with Crippen LogP contribution >= 0.6 is 11.6 Å². The molecule has 1 aromatic carbocycles. The normalized spacial score (nSPS) is 13.9. The summed E-state index contributed by atoms with van der Waals surface area (Å²) in [4.78, 5) is 4.03. The molecule has 0 aliphatic heterocycles. The van der Waals surface area contributed by atoms with Gasteiger partial charge in [-0.1, -0.05) is 17.7 Å². The molecular weight excluding hydrogens is 267 g/mol. The topological polar surface area (TPSA) is 48.1 Å². The molecular formula is C14H14ClFN2O. The fourth-order valence-electron chi connectivity index (χ4n) is 1.72. The Hall–Kier alpha value is -1.65. The molecule has 5 heteroatoms. The second-order valence-electron chi connectivity index (χ2n) is 4.26. The first-order valence-corrected chi connectivity index (χ1v) is 6.23. The van der Waals surface area contributed by atoms with Gasteiger partial charge in [0, 0.05) is 30.1 Å². The summed E-state index contributed by atoms with van der Waals surface area (Å²) in [5.41, 5.74) is 6.75. The Morgan fingerprint density at radius 1 is 1.37 bits per heavy atom. The minimum absolute atomic E-state index is 0.0612. The largest absolute Gasteiger partial charge is 0.484 e. The van der Waals surface area contributed by atoms with Crippen LogP contribution in [-0.2, 0) is 0 Å². The van der Waals surface area contributed by atoms with Gasteiger partial charge in [0.05, 0.1) is 5.02 Å². The molecule has 100 valence electrons. The van der Waals surface area contributed by atoms with Crippen LogP contribution < -0.4 is 10.5 Å². The number of benzene rings is 1. The maximum Gasteiger partial charge on any atom is 0.145 e. The summed E-state index contributed by atoms with van der Waals surface area (Å²) in [5, 5.41) is 0.0612. The average molecular weight is 281 g/mol. The summed E-state index contributed by atoms with van der Waals surface area (Å²) in [6.45, 7) is 1.82. The van der Waals surface area contributed by atoms with E-state index in [-0.39, 0.29) is 11.1 Å². The smallest absolute Gasteiger partial charge is 0.145 e. The molecule has 0 spiro atoms. The lowest BCUT2D eigenvalue weighted by molar-refractivity contribution is 0.179. The molecule has 2 aromatic rings. The van der Waals surface area contributed by atoms with Crippen molar-refractivity contribution < 1.29 is 9.13 Å². The Bertz CT molecular complexity index is 548. The Morgan fingerprint density at radius 3 is 2.74 bits per heavy atom. The van der Waals surface area contributed by atoms with Gasteiger partial charge in [0.1, 0.15) is 17.7 Å². The number of nitrogens with two attached hydrogens (primary N) is 1. The van der Waals surface area contributed by atoms with Crippen LogP contribution in [0.4, 0.5) is 4.39 Å². The van der Waals surface area contributed by atoms with Crippen molar-refractivity contribution in [3.8, 4) is 5.75 Å². The molecule has 0 fully saturated rings. The molecule has 19 heavy (non-hydrogen) atoms. The van der Waals surface area contributed by atoms with Gasteiger partial charge in [-0.3, -0.25) is 4.98 Å². The number of halogens is 2. The summed E-state index contributed by atoms with van der Waals surface area (Å²) in [7, 11) is 0. The maximum atomic E-state index is 13.4. The number of pyridine rings is 1. The molecule has 0 aliphatic rings. The maximum absolute atomic E-state index is 13.4. The molecule has 0 amide bonds. The van der Waals surface area contributed by atoms with E-state index in [9.17, 15) is 4.39 Å². The van der Waals surface area contributed by atoms with Crippen molar-refractivity contribution in [1.82, 2.24) is 4.98 Å². The van der Waals surface area contributed by atoms with Crippen LogP contribution in [0.25, 0.3) is 0 Å². The zero-order valence-electron chi connectivity index (χ0n) is 10.4. The quantitative estimate of drug-likeness (QED) is 0.934. The second-order valence-corrected chi connectivity index (χ2v) is 4.67.